The van der Waals surface area contributed by atoms with Gasteiger partial charge in [-0.2, -0.15) is 0 Å². The van der Waals surface area contributed by atoms with E-state index in [1.54, 1.807) is 11.0 Å². The molecule has 2 saturated heterocycles. The summed E-state index contributed by atoms with van der Waals surface area (Å²) in [5.74, 6) is 0.602. The predicted octanol–water partition coefficient (Wildman–Crippen LogP) is 2.04. The van der Waals surface area contributed by atoms with Gasteiger partial charge in [0.2, 0.25) is 0 Å². The highest BCUT2D eigenvalue weighted by Crippen LogP contribution is 2.22. The van der Waals surface area contributed by atoms with Gasteiger partial charge in [0.25, 0.3) is 0 Å². The molecule has 3 aliphatic rings. The highest BCUT2D eigenvalue weighted by molar-refractivity contribution is 5.82. The summed E-state index contributed by atoms with van der Waals surface area (Å²) in [6, 6.07) is 5.53. The monoisotopic (exact) mass is 433 g/mol. The van der Waals surface area contributed by atoms with Crippen molar-refractivity contribution in [3.05, 3.63) is 29.6 Å². The summed E-state index contributed by atoms with van der Waals surface area (Å²) in [5, 5.41) is 3.35. The zero-order valence-electron chi connectivity index (χ0n) is 18.6. The number of fused-ring (bicyclic) bond motifs is 1. The van der Waals surface area contributed by atoms with Crippen LogP contribution in [-0.2, 0) is 16.0 Å². The lowest BCUT2D eigenvalue weighted by atomic mass is 10.1. The third kappa shape index (κ3) is 5.20. The summed E-state index contributed by atoms with van der Waals surface area (Å²) < 4.78 is 25.5. The number of nitrogens with zero attached hydrogens (tertiary/aromatic N) is 4. The molecule has 0 saturated carbocycles. The van der Waals surface area contributed by atoms with Gasteiger partial charge in [-0.25, -0.2) is 9.18 Å². The maximum absolute atomic E-state index is 14.6. The number of aliphatic imine (C=N–C) groups is 1. The van der Waals surface area contributed by atoms with Gasteiger partial charge in [-0.3, -0.25) is 4.99 Å². The maximum Gasteiger partial charge on any atom is 0.410 e. The van der Waals surface area contributed by atoms with Gasteiger partial charge < -0.3 is 29.5 Å². The molecule has 1 unspecified atom stereocenters. The fourth-order valence-corrected chi connectivity index (χ4v) is 4.13. The van der Waals surface area contributed by atoms with E-state index in [9.17, 15) is 9.18 Å². The van der Waals surface area contributed by atoms with Crippen molar-refractivity contribution >= 4 is 17.7 Å². The molecule has 0 bridgehead atoms. The Kier molecular flexibility index (Phi) is 6.22. The molecule has 3 aliphatic heterocycles. The van der Waals surface area contributed by atoms with Crippen LogP contribution in [0.3, 0.4) is 0 Å². The van der Waals surface area contributed by atoms with Gasteiger partial charge in [0.1, 0.15) is 11.4 Å². The number of hydrogen-bond donors (Lipinski definition) is 1. The lowest BCUT2D eigenvalue weighted by molar-refractivity contribution is 0.0137. The fourth-order valence-electron chi connectivity index (χ4n) is 4.13. The Labute approximate surface area is 183 Å². The van der Waals surface area contributed by atoms with Crippen LogP contribution in [0.4, 0.5) is 14.9 Å². The summed E-state index contributed by atoms with van der Waals surface area (Å²) in [6.45, 7) is 11.3. The van der Waals surface area contributed by atoms with Crippen molar-refractivity contribution in [2.45, 2.75) is 39.0 Å². The van der Waals surface area contributed by atoms with E-state index in [0.29, 0.717) is 64.7 Å². The Morgan fingerprint density at radius 2 is 2.03 bits per heavy atom. The number of carbonyl (C=O) groups is 1. The van der Waals surface area contributed by atoms with Crippen molar-refractivity contribution in [1.82, 2.24) is 15.1 Å². The molecule has 0 aromatic heterocycles. The lowest BCUT2D eigenvalue weighted by Crippen LogP contribution is -2.57. The zero-order valence-corrected chi connectivity index (χ0v) is 18.6. The standard InChI is InChI=1S/C22H32FN5O3/c1-22(2,3)31-21(29)27-6-7-28-17(15-27)14-25-20(28)24-13-16-4-5-19(18(23)12-16)26-8-10-30-11-9-26/h4-5,12,17H,6-11,13-15H2,1-3H3,(H,24,25). The molecule has 1 aromatic carbocycles. The number of piperazine rings is 1. The first-order valence-corrected chi connectivity index (χ1v) is 10.9. The number of halogens is 1. The molecular weight excluding hydrogens is 401 g/mol. The molecule has 1 aromatic rings. The summed E-state index contributed by atoms with van der Waals surface area (Å²) in [5.41, 5.74) is 0.997. The van der Waals surface area contributed by atoms with Crippen LogP contribution in [0.2, 0.25) is 0 Å². The fraction of sp³-hybridized carbons (Fsp3) is 0.636. The highest BCUT2D eigenvalue weighted by Gasteiger charge is 2.36. The molecule has 1 amide bonds. The van der Waals surface area contributed by atoms with Crippen molar-refractivity contribution in [1.29, 1.82) is 0 Å². The molecule has 0 aliphatic carbocycles. The maximum atomic E-state index is 14.6. The second kappa shape index (κ2) is 8.90. The molecule has 0 spiro atoms. The molecule has 2 fully saturated rings. The largest absolute Gasteiger partial charge is 0.444 e. The average molecular weight is 434 g/mol. The summed E-state index contributed by atoms with van der Waals surface area (Å²) in [7, 11) is 0. The van der Waals surface area contributed by atoms with E-state index in [2.05, 4.69) is 15.2 Å². The molecule has 170 valence electrons. The SMILES string of the molecule is CC(C)(C)OC(=O)N1CCN2C(NCc3ccc(N4CCOCC4)c(F)c3)=NCC2C1. The van der Waals surface area contributed by atoms with Gasteiger partial charge in [-0.05, 0) is 38.5 Å². The number of benzene rings is 1. The first kappa shape index (κ1) is 21.7. The van der Waals surface area contributed by atoms with Crippen LogP contribution < -0.4 is 10.2 Å². The number of hydrogen-bond acceptors (Lipinski definition) is 7. The quantitative estimate of drug-likeness (QED) is 0.787. The molecule has 9 heteroatoms. The van der Waals surface area contributed by atoms with Crippen LogP contribution in [0.15, 0.2) is 23.2 Å². The van der Waals surface area contributed by atoms with E-state index in [1.807, 2.05) is 37.8 Å². The number of rotatable bonds is 3. The summed E-state index contributed by atoms with van der Waals surface area (Å²) >= 11 is 0. The Morgan fingerprint density at radius 1 is 1.26 bits per heavy atom. The topological polar surface area (TPSA) is 69.6 Å². The van der Waals surface area contributed by atoms with Gasteiger partial charge in [0.05, 0.1) is 31.5 Å². The van der Waals surface area contributed by atoms with Crippen molar-refractivity contribution in [3.63, 3.8) is 0 Å². The zero-order chi connectivity index (χ0) is 22.0. The summed E-state index contributed by atoms with van der Waals surface area (Å²) in [4.78, 5) is 22.9. The minimum absolute atomic E-state index is 0.143. The second-order valence-electron chi connectivity index (χ2n) is 9.18. The number of anilines is 1. The van der Waals surface area contributed by atoms with E-state index < -0.39 is 5.60 Å². The van der Waals surface area contributed by atoms with Crippen LogP contribution >= 0.6 is 0 Å². The third-order valence-electron chi connectivity index (χ3n) is 5.67. The van der Waals surface area contributed by atoms with E-state index in [4.69, 9.17) is 9.47 Å². The van der Waals surface area contributed by atoms with Crippen molar-refractivity contribution in [2.75, 3.05) is 57.4 Å². The van der Waals surface area contributed by atoms with E-state index in [-0.39, 0.29) is 18.0 Å². The van der Waals surface area contributed by atoms with E-state index >= 15 is 0 Å². The van der Waals surface area contributed by atoms with Crippen molar-refractivity contribution in [3.8, 4) is 0 Å². The first-order chi connectivity index (χ1) is 14.8. The lowest BCUT2D eigenvalue weighted by Gasteiger charge is -2.39. The molecule has 1 atom stereocenters. The number of nitrogens with one attached hydrogen (secondary N) is 1. The van der Waals surface area contributed by atoms with Gasteiger partial charge in [0.15, 0.2) is 5.96 Å². The minimum atomic E-state index is -0.500. The van der Waals surface area contributed by atoms with Crippen molar-refractivity contribution < 1.29 is 18.7 Å². The van der Waals surface area contributed by atoms with Gasteiger partial charge >= 0.3 is 6.09 Å². The van der Waals surface area contributed by atoms with Gasteiger partial charge in [-0.1, -0.05) is 6.07 Å². The molecule has 31 heavy (non-hydrogen) atoms. The van der Waals surface area contributed by atoms with Crippen LogP contribution in [0, 0.1) is 5.82 Å². The normalized spacial score (nSPS) is 21.6. The van der Waals surface area contributed by atoms with Crippen LogP contribution in [0.25, 0.3) is 0 Å². The van der Waals surface area contributed by atoms with Crippen LogP contribution in [0.5, 0.6) is 0 Å². The van der Waals surface area contributed by atoms with Crippen LogP contribution in [-0.4, -0.2) is 86.0 Å². The Hall–Kier alpha value is -2.55. The number of guanidine groups is 1. The second-order valence-corrected chi connectivity index (χ2v) is 9.18. The molecule has 0 radical (unpaired) electrons. The van der Waals surface area contributed by atoms with Crippen molar-refractivity contribution in [2.24, 2.45) is 4.99 Å². The Morgan fingerprint density at radius 3 is 2.74 bits per heavy atom. The number of amides is 1. The smallest absolute Gasteiger partial charge is 0.410 e. The summed E-state index contributed by atoms with van der Waals surface area (Å²) in [6.07, 6.45) is -0.274. The predicted molar refractivity (Wildman–Crippen MR) is 117 cm³/mol. The number of ether oxygens (including phenoxy) is 2. The minimum Gasteiger partial charge on any atom is -0.444 e. The van der Waals surface area contributed by atoms with Crippen LogP contribution in [0.1, 0.15) is 26.3 Å². The van der Waals surface area contributed by atoms with Gasteiger partial charge in [0, 0.05) is 39.3 Å². The highest BCUT2D eigenvalue weighted by atomic mass is 19.1. The molecule has 4 rings (SSSR count). The number of morpholine rings is 1. The number of carbonyl (C=O) groups excluding carboxylic acids is 1. The first-order valence-electron chi connectivity index (χ1n) is 10.9. The molecule has 3 heterocycles. The molecular formula is C22H32FN5O3. The third-order valence-corrected chi connectivity index (χ3v) is 5.67. The van der Waals surface area contributed by atoms with E-state index in [1.165, 1.54) is 0 Å². The van der Waals surface area contributed by atoms with Gasteiger partial charge in [-0.15, -0.1) is 0 Å². The van der Waals surface area contributed by atoms with E-state index in [0.717, 1.165) is 11.5 Å². The molecule has 8 nitrogen and oxygen atoms in total. The Bertz CT molecular complexity index is 835. The average Bonchev–Trinajstić information content (AvgIpc) is 3.14. The Balaban J connectivity index is 1.30. The molecule has 1 N–H and O–H groups in total.